The summed E-state index contributed by atoms with van der Waals surface area (Å²) in [5.74, 6) is 1.78. The van der Waals surface area contributed by atoms with E-state index in [1.54, 1.807) is 0 Å². The summed E-state index contributed by atoms with van der Waals surface area (Å²) in [6.45, 7) is 6.74. The number of hydrogen-bond donors (Lipinski definition) is 1. The fourth-order valence-corrected chi connectivity index (χ4v) is 3.42. The second-order valence-corrected chi connectivity index (χ2v) is 5.96. The lowest BCUT2D eigenvalue weighted by Gasteiger charge is -2.24. The Labute approximate surface area is 112 Å². The van der Waals surface area contributed by atoms with Crippen LogP contribution in [0.3, 0.4) is 0 Å². The van der Waals surface area contributed by atoms with Gasteiger partial charge in [0.25, 0.3) is 0 Å². The van der Waals surface area contributed by atoms with Gasteiger partial charge >= 0.3 is 0 Å². The maximum atomic E-state index is 3.55. The Hall–Kier alpha value is -0.820. The zero-order valence-electron chi connectivity index (χ0n) is 12.3. The van der Waals surface area contributed by atoms with Crippen molar-refractivity contribution < 1.29 is 0 Å². The first kappa shape index (κ1) is 13.6. The lowest BCUT2D eigenvalue weighted by atomic mass is 9.89. The third-order valence-electron chi connectivity index (χ3n) is 4.83. The minimum absolute atomic E-state index is 0.542. The Bertz CT molecular complexity index is 397. The molecule has 18 heavy (non-hydrogen) atoms. The molecular formula is C17H27N. The summed E-state index contributed by atoms with van der Waals surface area (Å²) in [6, 6.07) is 7.49. The fourth-order valence-electron chi connectivity index (χ4n) is 3.42. The van der Waals surface area contributed by atoms with Gasteiger partial charge in [0.05, 0.1) is 0 Å². The third kappa shape index (κ3) is 2.77. The SMILES string of the molecule is CCC1CCC(C(NC)c2ccc(C)c(C)c2)C1. The van der Waals surface area contributed by atoms with Gasteiger partial charge in [-0.2, -0.15) is 0 Å². The number of benzene rings is 1. The van der Waals surface area contributed by atoms with E-state index in [0.29, 0.717) is 6.04 Å². The highest BCUT2D eigenvalue weighted by molar-refractivity contribution is 5.32. The molecule has 1 heteroatoms. The van der Waals surface area contributed by atoms with Gasteiger partial charge in [-0.25, -0.2) is 0 Å². The number of aryl methyl sites for hydroxylation is 2. The van der Waals surface area contributed by atoms with Crippen LogP contribution in [-0.4, -0.2) is 7.05 Å². The molecule has 0 bridgehead atoms. The van der Waals surface area contributed by atoms with E-state index in [4.69, 9.17) is 0 Å². The van der Waals surface area contributed by atoms with Gasteiger partial charge < -0.3 is 5.32 Å². The highest BCUT2D eigenvalue weighted by atomic mass is 14.9. The Kier molecular flexibility index (Phi) is 4.45. The lowest BCUT2D eigenvalue weighted by Crippen LogP contribution is -2.24. The summed E-state index contributed by atoms with van der Waals surface area (Å²) < 4.78 is 0. The molecule has 1 N–H and O–H groups in total. The van der Waals surface area contributed by atoms with Gasteiger partial charge in [-0.15, -0.1) is 0 Å². The van der Waals surface area contributed by atoms with Crippen molar-refractivity contribution in [3.05, 3.63) is 34.9 Å². The van der Waals surface area contributed by atoms with Crippen molar-refractivity contribution in [2.24, 2.45) is 11.8 Å². The Morgan fingerprint density at radius 3 is 2.56 bits per heavy atom. The molecule has 3 atom stereocenters. The van der Waals surface area contributed by atoms with E-state index in [9.17, 15) is 0 Å². The van der Waals surface area contributed by atoms with Crippen LogP contribution in [0.2, 0.25) is 0 Å². The van der Waals surface area contributed by atoms with Crippen molar-refractivity contribution in [2.45, 2.75) is 52.5 Å². The summed E-state index contributed by atoms with van der Waals surface area (Å²) in [5, 5.41) is 3.55. The quantitative estimate of drug-likeness (QED) is 0.829. The van der Waals surface area contributed by atoms with Crippen molar-refractivity contribution in [1.82, 2.24) is 5.32 Å². The number of nitrogens with one attached hydrogen (secondary N) is 1. The highest BCUT2D eigenvalue weighted by Gasteiger charge is 2.30. The molecule has 0 saturated heterocycles. The van der Waals surface area contributed by atoms with Crippen LogP contribution in [0.25, 0.3) is 0 Å². The van der Waals surface area contributed by atoms with Crippen LogP contribution in [0.5, 0.6) is 0 Å². The van der Waals surface area contributed by atoms with Gasteiger partial charge in [0.2, 0.25) is 0 Å². The summed E-state index contributed by atoms with van der Waals surface area (Å²) in [7, 11) is 2.11. The lowest BCUT2D eigenvalue weighted by molar-refractivity contribution is 0.372. The molecule has 0 radical (unpaired) electrons. The molecule has 1 fully saturated rings. The molecule has 1 aliphatic rings. The van der Waals surface area contributed by atoms with Gasteiger partial charge in [-0.3, -0.25) is 0 Å². The standard InChI is InChI=1S/C17H27N/c1-5-14-7-9-16(11-14)17(18-4)15-8-6-12(2)13(3)10-15/h6,8,10,14,16-18H,5,7,9,11H2,1-4H3. The van der Waals surface area contributed by atoms with Crippen LogP contribution in [0.1, 0.15) is 55.3 Å². The van der Waals surface area contributed by atoms with Crippen LogP contribution < -0.4 is 5.32 Å². The average Bonchev–Trinajstić information content (AvgIpc) is 2.83. The van der Waals surface area contributed by atoms with Crippen LogP contribution in [0.15, 0.2) is 18.2 Å². The predicted molar refractivity (Wildman–Crippen MR) is 78.8 cm³/mol. The highest BCUT2D eigenvalue weighted by Crippen LogP contribution is 2.40. The predicted octanol–water partition coefficient (Wildman–Crippen LogP) is 4.39. The van der Waals surface area contributed by atoms with E-state index in [1.807, 2.05) is 0 Å². The van der Waals surface area contributed by atoms with Crippen molar-refractivity contribution in [3.63, 3.8) is 0 Å². The normalized spacial score (nSPS) is 25.3. The van der Waals surface area contributed by atoms with Crippen molar-refractivity contribution in [3.8, 4) is 0 Å². The first-order chi connectivity index (χ1) is 8.65. The van der Waals surface area contributed by atoms with E-state index in [-0.39, 0.29) is 0 Å². The summed E-state index contributed by atoms with van der Waals surface area (Å²) in [6.07, 6.45) is 5.55. The minimum Gasteiger partial charge on any atom is -0.313 e. The maximum Gasteiger partial charge on any atom is 0.0346 e. The zero-order chi connectivity index (χ0) is 13.1. The molecule has 1 aliphatic carbocycles. The van der Waals surface area contributed by atoms with E-state index >= 15 is 0 Å². The Balaban J connectivity index is 2.15. The van der Waals surface area contributed by atoms with E-state index in [1.165, 1.54) is 42.4 Å². The number of rotatable bonds is 4. The molecule has 2 rings (SSSR count). The van der Waals surface area contributed by atoms with E-state index < -0.39 is 0 Å². The van der Waals surface area contributed by atoms with Gasteiger partial charge in [-0.05, 0) is 62.3 Å². The second kappa shape index (κ2) is 5.88. The Morgan fingerprint density at radius 2 is 2.00 bits per heavy atom. The molecule has 3 unspecified atom stereocenters. The Morgan fingerprint density at radius 1 is 1.22 bits per heavy atom. The van der Waals surface area contributed by atoms with E-state index in [2.05, 4.69) is 51.3 Å². The maximum absolute atomic E-state index is 3.55. The largest absolute Gasteiger partial charge is 0.313 e. The zero-order valence-corrected chi connectivity index (χ0v) is 12.3. The molecule has 0 aromatic heterocycles. The summed E-state index contributed by atoms with van der Waals surface area (Å²) >= 11 is 0. The molecule has 0 heterocycles. The van der Waals surface area contributed by atoms with Crippen LogP contribution in [-0.2, 0) is 0 Å². The molecule has 1 nitrogen and oxygen atoms in total. The molecule has 100 valence electrons. The van der Waals surface area contributed by atoms with Gasteiger partial charge in [0.1, 0.15) is 0 Å². The van der Waals surface area contributed by atoms with Gasteiger partial charge in [0.15, 0.2) is 0 Å². The molecule has 0 aliphatic heterocycles. The average molecular weight is 245 g/mol. The van der Waals surface area contributed by atoms with Crippen LogP contribution in [0, 0.1) is 25.7 Å². The fraction of sp³-hybridized carbons (Fsp3) is 0.647. The van der Waals surface area contributed by atoms with Crippen LogP contribution in [0.4, 0.5) is 0 Å². The minimum atomic E-state index is 0.542. The first-order valence-electron chi connectivity index (χ1n) is 7.40. The third-order valence-corrected chi connectivity index (χ3v) is 4.83. The molecule has 0 spiro atoms. The van der Waals surface area contributed by atoms with Gasteiger partial charge in [-0.1, -0.05) is 38.0 Å². The van der Waals surface area contributed by atoms with Crippen molar-refractivity contribution in [1.29, 1.82) is 0 Å². The molecule has 1 aromatic carbocycles. The second-order valence-electron chi connectivity index (χ2n) is 5.96. The smallest absolute Gasteiger partial charge is 0.0346 e. The van der Waals surface area contributed by atoms with Crippen molar-refractivity contribution >= 4 is 0 Å². The molecular weight excluding hydrogens is 218 g/mol. The first-order valence-corrected chi connectivity index (χ1v) is 7.40. The molecule has 1 aromatic rings. The summed E-state index contributed by atoms with van der Waals surface area (Å²) in [4.78, 5) is 0. The van der Waals surface area contributed by atoms with Gasteiger partial charge in [0, 0.05) is 6.04 Å². The van der Waals surface area contributed by atoms with Crippen molar-refractivity contribution in [2.75, 3.05) is 7.05 Å². The van der Waals surface area contributed by atoms with Crippen LogP contribution >= 0.6 is 0 Å². The number of hydrogen-bond acceptors (Lipinski definition) is 1. The van der Waals surface area contributed by atoms with E-state index in [0.717, 1.165) is 11.8 Å². The molecule has 1 saturated carbocycles. The topological polar surface area (TPSA) is 12.0 Å². The molecule has 0 amide bonds. The monoisotopic (exact) mass is 245 g/mol. The summed E-state index contributed by atoms with van der Waals surface area (Å²) in [5.41, 5.74) is 4.28.